The molecule has 0 radical (unpaired) electrons. The molecule has 3 rings (SSSR count). The minimum atomic E-state index is 0.106. The van der Waals surface area contributed by atoms with E-state index in [0.29, 0.717) is 5.25 Å². The van der Waals surface area contributed by atoms with E-state index in [1.165, 1.54) is 16.3 Å². The molecule has 1 fully saturated rings. The first-order valence-corrected chi connectivity index (χ1v) is 8.32. The fourth-order valence-corrected chi connectivity index (χ4v) is 3.93. The van der Waals surface area contributed by atoms with Gasteiger partial charge in [0.05, 0.1) is 0 Å². The number of thioether (sulfide) groups is 1. The van der Waals surface area contributed by atoms with Gasteiger partial charge in [-0.25, -0.2) is 0 Å². The van der Waals surface area contributed by atoms with Gasteiger partial charge >= 0.3 is 0 Å². The van der Waals surface area contributed by atoms with E-state index in [1.54, 1.807) is 0 Å². The predicted molar refractivity (Wildman–Crippen MR) is 87.2 cm³/mol. The number of nitrogens with two attached hydrogens (primary N) is 1. The molecule has 0 aromatic heterocycles. The van der Waals surface area contributed by atoms with Crippen LogP contribution in [0.2, 0.25) is 0 Å². The average Bonchev–Trinajstić information content (AvgIpc) is 2.53. The van der Waals surface area contributed by atoms with Crippen LogP contribution in [0.15, 0.2) is 42.5 Å². The topological polar surface area (TPSA) is 35.2 Å². The highest BCUT2D eigenvalue weighted by Crippen LogP contribution is 2.29. The lowest BCUT2D eigenvalue weighted by Crippen LogP contribution is -2.21. The maximum atomic E-state index is 6.43. The lowest BCUT2D eigenvalue weighted by Gasteiger charge is -2.23. The number of fused-ring (bicyclic) bond motifs is 1. The van der Waals surface area contributed by atoms with E-state index < -0.39 is 0 Å². The second-order valence-corrected chi connectivity index (χ2v) is 6.65. The molecular formula is C17H21NOS. The number of ether oxygens (including phenoxy) is 1. The summed E-state index contributed by atoms with van der Waals surface area (Å²) in [5, 5.41) is 3.27. The first kappa shape index (κ1) is 13.9. The molecule has 1 heterocycles. The van der Waals surface area contributed by atoms with Crippen LogP contribution < -0.4 is 5.73 Å². The van der Waals surface area contributed by atoms with E-state index in [4.69, 9.17) is 10.5 Å². The van der Waals surface area contributed by atoms with Crippen LogP contribution in [0.4, 0.5) is 0 Å². The Morgan fingerprint density at radius 1 is 1.10 bits per heavy atom. The van der Waals surface area contributed by atoms with Crippen LogP contribution in [0.25, 0.3) is 10.8 Å². The number of rotatable bonds is 4. The van der Waals surface area contributed by atoms with Crippen molar-refractivity contribution >= 4 is 22.5 Å². The van der Waals surface area contributed by atoms with Crippen LogP contribution in [0.1, 0.15) is 24.4 Å². The second-order valence-electron chi connectivity index (χ2n) is 5.32. The first-order chi connectivity index (χ1) is 9.84. The van der Waals surface area contributed by atoms with Crippen LogP contribution in [-0.4, -0.2) is 24.2 Å². The van der Waals surface area contributed by atoms with Crippen LogP contribution in [0.3, 0.4) is 0 Å². The largest absolute Gasteiger partial charge is 0.381 e. The summed E-state index contributed by atoms with van der Waals surface area (Å²) in [5.41, 5.74) is 7.69. The first-order valence-electron chi connectivity index (χ1n) is 7.27. The Hall–Kier alpha value is -1.03. The van der Waals surface area contributed by atoms with Gasteiger partial charge in [-0.2, -0.15) is 11.8 Å². The van der Waals surface area contributed by atoms with Crippen molar-refractivity contribution in [3.63, 3.8) is 0 Å². The average molecular weight is 287 g/mol. The fourth-order valence-electron chi connectivity index (χ4n) is 2.75. The molecular weight excluding hydrogens is 266 g/mol. The molecule has 0 bridgehead atoms. The van der Waals surface area contributed by atoms with Crippen molar-refractivity contribution < 1.29 is 4.74 Å². The van der Waals surface area contributed by atoms with Crippen LogP contribution in [0, 0.1) is 0 Å². The van der Waals surface area contributed by atoms with E-state index in [2.05, 4.69) is 42.5 Å². The van der Waals surface area contributed by atoms with Crippen molar-refractivity contribution in [2.45, 2.75) is 24.1 Å². The molecule has 3 heteroatoms. The third-order valence-electron chi connectivity index (χ3n) is 3.90. The van der Waals surface area contributed by atoms with Gasteiger partial charge in [0.1, 0.15) is 0 Å². The van der Waals surface area contributed by atoms with Crippen molar-refractivity contribution in [1.82, 2.24) is 0 Å². The lowest BCUT2D eigenvalue weighted by atomic mass is 10.0. The monoisotopic (exact) mass is 287 g/mol. The molecule has 2 aromatic rings. The van der Waals surface area contributed by atoms with Crippen molar-refractivity contribution in [2.24, 2.45) is 5.73 Å². The molecule has 0 amide bonds. The van der Waals surface area contributed by atoms with Gasteiger partial charge in [0.2, 0.25) is 0 Å². The van der Waals surface area contributed by atoms with E-state index >= 15 is 0 Å². The van der Waals surface area contributed by atoms with Gasteiger partial charge < -0.3 is 10.5 Å². The Bertz CT molecular complexity index is 560. The van der Waals surface area contributed by atoms with Crippen LogP contribution in [-0.2, 0) is 4.74 Å². The third kappa shape index (κ3) is 3.17. The molecule has 1 unspecified atom stereocenters. The highest BCUT2D eigenvalue weighted by atomic mass is 32.2. The molecule has 1 aliphatic rings. The van der Waals surface area contributed by atoms with Gasteiger partial charge in [-0.1, -0.05) is 42.5 Å². The van der Waals surface area contributed by atoms with E-state index in [9.17, 15) is 0 Å². The van der Waals surface area contributed by atoms with Gasteiger partial charge in [-0.3, -0.25) is 0 Å². The van der Waals surface area contributed by atoms with E-state index in [1.807, 2.05) is 11.8 Å². The summed E-state index contributed by atoms with van der Waals surface area (Å²) in [6.45, 7) is 1.81. The summed E-state index contributed by atoms with van der Waals surface area (Å²) in [4.78, 5) is 0. The van der Waals surface area contributed by atoms with E-state index in [-0.39, 0.29) is 6.04 Å². The Morgan fingerprint density at radius 2 is 1.85 bits per heavy atom. The molecule has 0 aliphatic carbocycles. The highest BCUT2D eigenvalue weighted by Gasteiger charge is 2.17. The molecule has 20 heavy (non-hydrogen) atoms. The Labute approximate surface area is 124 Å². The van der Waals surface area contributed by atoms with Gasteiger partial charge in [0.25, 0.3) is 0 Å². The lowest BCUT2D eigenvalue weighted by molar-refractivity contribution is 0.1000. The van der Waals surface area contributed by atoms with Crippen molar-refractivity contribution in [3.8, 4) is 0 Å². The third-order valence-corrected chi connectivity index (χ3v) is 5.40. The molecule has 2 nitrogen and oxygen atoms in total. The highest BCUT2D eigenvalue weighted by molar-refractivity contribution is 7.99. The summed E-state index contributed by atoms with van der Waals surface area (Å²) >= 11 is 2.00. The molecule has 0 spiro atoms. The molecule has 2 aromatic carbocycles. The summed E-state index contributed by atoms with van der Waals surface area (Å²) in [6, 6.07) is 15.0. The Balaban J connectivity index is 1.70. The maximum Gasteiger partial charge on any atom is 0.0476 e. The molecule has 2 N–H and O–H groups in total. The van der Waals surface area contributed by atoms with Crippen LogP contribution >= 0.6 is 11.8 Å². The van der Waals surface area contributed by atoms with Gasteiger partial charge in [0, 0.05) is 30.3 Å². The molecule has 1 aliphatic heterocycles. The molecule has 1 saturated heterocycles. The van der Waals surface area contributed by atoms with Gasteiger partial charge in [0.15, 0.2) is 0 Å². The molecule has 1 atom stereocenters. The van der Waals surface area contributed by atoms with Crippen molar-refractivity contribution in [3.05, 3.63) is 48.0 Å². The number of hydrogen-bond donors (Lipinski definition) is 1. The predicted octanol–water partition coefficient (Wildman–Crippen LogP) is 3.75. The SMILES string of the molecule is NC(CSC1CCOCC1)c1cccc2ccccc12. The summed E-state index contributed by atoms with van der Waals surface area (Å²) in [6.07, 6.45) is 2.32. The van der Waals surface area contributed by atoms with Crippen molar-refractivity contribution in [1.29, 1.82) is 0 Å². The standard InChI is InChI=1S/C17H21NOS/c18-17(12-20-14-8-10-19-11-9-14)16-7-3-5-13-4-1-2-6-15(13)16/h1-7,14,17H,8-12,18H2. The molecule has 0 saturated carbocycles. The number of hydrogen-bond acceptors (Lipinski definition) is 3. The normalized spacial score (nSPS) is 18.2. The summed E-state index contributed by atoms with van der Waals surface area (Å²) < 4.78 is 5.40. The minimum Gasteiger partial charge on any atom is -0.381 e. The second kappa shape index (κ2) is 6.61. The Morgan fingerprint density at radius 3 is 2.70 bits per heavy atom. The Kier molecular flexibility index (Phi) is 4.61. The number of benzene rings is 2. The van der Waals surface area contributed by atoms with Crippen molar-refractivity contribution in [2.75, 3.05) is 19.0 Å². The summed E-state index contributed by atoms with van der Waals surface area (Å²) in [7, 11) is 0. The maximum absolute atomic E-state index is 6.43. The van der Waals surface area contributed by atoms with Gasteiger partial charge in [-0.05, 0) is 29.2 Å². The van der Waals surface area contributed by atoms with Crippen LogP contribution in [0.5, 0.6) is 0 Å². The fraction of sp³-hybridized carbons (Fsp3) is 0.412. The zero-order chi connectivity index (χ0) is 13.8. The van der Waals surface area contributed by atoms with Gasteiger partial charge in [-0.15, -0.1) is 0 Å². The summed E-state index contributed by atoms with van der Waals surface area (Å²) in [5.74, 6) is 0.985. The van der Waals surface area contributed by atoms with E-state index in [0.717, 1.165) is 31.8 Å². The zero-order valence-corrected chi connectivity index (χ0v) is 12.4. The minimum absolute atomic E-state index is 0.106. The zero-order valence-electron chi connectivity index (χ0n) is 11.6. The quantitative estimate of drug-likeness (QED) is 0.930. The smallest absolute Gasteiger partial charge is 0.0476 e. The molecule has 106 valence electrons.